The first-order valence-corrected chi connectivity index (χ1v) is 6.59. The molecule has 0 aliphatic heterocycles. The van der Waals surface area contributed by atoms with Crippen molar-refractivity contribution in [2.75, 3.05) is 0 Å². The number of amides is 1. The number of ether oxygens (including phenoxy) is 1. The summed E-state index contributed by atoms with van der Waals surface area (Å²) in [4.78, 5) is 15.3. The summed E-state index contributed by atoms with van der Waals surface area (Å²) < 4.78 is 42.8. The fourth-order valence-electron chi connectivity index (χ4n) is 1.91. The van der Waals surface area contributed by atoms with Crippen molar-refractivity contribution < 1.29 is 22.7 Å². The van der Waals surface area contributed by atoms with Crippen LogP contribution in [0.25, 0.3) is 5.52 Å². The molecule has 0 saturated heterocycles. The van der Waals surface area contributed by atoms with E-state index in [0.717, 1.165) is 12.3 Å². The van der Waals surface area contributed by atoms with Crippen LogP contribution >= 0.6 is 0 Å². The number of aromatic nitrogens is 5. The molecule has 0 aliphatic rings. The molecule has 0 aromatic carbocycles. The minimum absolute atomic E-state index is 0.0188. The van der Waals surface area contributed by atoms with E-state index in [9.17, 15) is 18.0 Å². The highest BCUT2D eigenvalue weighted by molar-refractivity contribution is 5.93. The number of halogens is 3. The summed E-state index contributed by atoms with van der Waals surface area (Å²) in [5, 5.41) is 14.1. The quantitative estimate of drug-likeness (QED) is 0.751. The number of hydrogen-bond acceptors (Lipinski definition) is 6. The van der Waals surface area contributed by atoms with Crippen molar-refractivity contribution in [1.29, 1.82) is 0 Å². The molecule has 24 heavy (non-hydrogen) atoms. The summed E-state index contributed by atoms with van der Waals surface area (Å²) in [5.74, 6) is -2.70. The Labute approximate surface area is 132 Å². The third-order valence-electron chi connectivity index (χ3n) is 2.96. The first-order chi connectivity index (χ1) is 11.5. The van der Waals surface area contributed by atoms with Crippen molar-refractivity contribution >= 4 is 11.4 Å². The van der Waals surface area contributed by atoms with Gasteiger partial charge in [0.2, 0.25) is 0 Å². The molecule has 0 radical (unpaired) electrons. The van der Waals surface area contributed by atoms with Crippen LogP contribution in [0.5, 0.6) is 5.88 Å². The molecule has 11 heteroatoms. The highest BCUT2D eigenvalue weighted by atomic mass is 19.3. The molecule has 3 rings (SSSR count). The summed E-state index contributed by atoms with van der Waals surface area (Å²) in [6.45, 7) is -3.19. The lowest BCUT2D eigenvalue weighted by Crippen LogP contribution is -2.23. The van der Waals surface area contributed by atoms with Gasteiger partial charge in [0, 0.05) is 12.4 Å². The average Bonchev–Trinajstić information content (AvgIpc) is 2.97. The van der Waals surface area contributed by atoms with Gasteiger partial charge in [-0.2, -0.15) is 13.9 Å². The van der Waals surface area contributed by atoms with E-state index in [-0.39, 0.29) is 12.1 Å². The van der Waals surface area contributed by atoms with Gasteiger partial charge in [-0.15, -0.1) is 9.73 Å². The first-order valence-electron chi connectivity index (χ1n) is 6.59. The van der Waals surface area contributed by atoms with Crippen molar-refractivity contribution in [2.24, 2.45) is 0 Å². The third-order valence-corrected chi connectivity index (χ3v) is 2.96. The van der Waals surface area contributed by atoms with E-state index in [2.05, 4.69) is 30.4 Å². The molecule has 1 N–H and O–H groups in total. The van der Waals surface area contributed by atoms with Crippen molar-refractivity contribution in [1.82, 2.24) is 30.3 Å². The molecule has 3 aromatic heterocycles. The lowest BCUT2D eigenvalue weighted by atomic mass is 10.2. The molecule has 0 saturated carbocycles. The highest BCUT2D eigenvalue weighted by Crippen LogP contribution is 2.17. The van der Waals surface area contributed by atoms with Crippen LogP contribution in [-0.2, 0) is 6.54 Å². The zero-order chi connectivity index (χ0) is 17.1. The highest BCUT2D eigenvalue weighted by Gasteiger charge is 2.15. The number of pyridine rings is 1. The normalized spacial score (nSPS) is 11.0. The molecule has 8 nitrogen and oxygen atoms in total. The minimum Gasteiger partial charge on any atom is -0.414 e. The minimum atomic E-state index is -3.21. The second-order valence-electron chi connectivity index (χ2n) is 4.51. The van der Waals surface area contributed by atoms with E-state index in [4.69, 9.17) is 0 Å². The van der Waals surface area contributed by atoms with Crippen molar-refractivity contribution in [3.8, 4) is 5.88 Å². The third kappa shape index (κ3) is 3.24. The maximum Gasteiger partial charge on any atom is 0.388 e. The number of carbonyl (C=O) groups is 1. The van der Waals surface area contributed by atoms with Gasteiger partial charge in [0.1, 0.15) is 11.2 Å². The predicted octanol–water partition coefficient (Wildman–Crippen LogP) is 1.19. The van der Waals surface area contributed by atoms with Crippen LogP contribution < -0.4 is 10.1 Å². The summed E-state index contributed by atoms with van der Waals surface area (Å²) in [6, 6.07) is 4.16. The zero-order valence-corrected chi connectivity index (χ0v) is 11.9. The average molecular weight is 338 g/mol. The number of alkyl halides is 2. The van der Waals surface area contributed by atoms with Gasteiger partial charge in [0.15, 0.2) is 5.82 Å². The molecule has 0 fully saturated rings. The van der Waals surface area contributed by atoms with Crippen LogP contribution in [0.15, 0.2) is 30.6 Å². The Morgan fingerprint density at radius 2 is 2.25 bits per heavy atom. The Bertz CT molecular complexity index is 885. The van der Waals surface area contributed by atoms with Gasteiger partial charge in [-0.05, 0) is 23.4 Å². The number of nitrogens with zero attached hydrogens (tertiary/aromatic N) is 5. The summed E-state index contributed by atoms with van der Waals surface area (Å²) in [7, 11) is 0. The summed E-state index contributed by atoms with van der Waals surface area (Å²) in [6.07, 6.45) is 2.46. The predicted molar refractivity (Wildman–Crippen MR) is 72.8 cm³/mol. The van der Waals surface area contributed by atoms with Gasteiger partial charge in [-0.25, -0.2) is 9.37 Å². The van der Waals surface area contributed by atoms with E-state index >= 15 is 0 Å². The second kappa shape index (κ2) is 6.48. The smallest absolute Gasteiger partial charge is 0.388 e. The molecular weight excluding hydrogens is 329 g/mol. The van der Waals surface area contributed by atoms with Gasteiger partial charge >= 0.3 is 6.61 Å². The molecular formula is C13H9F3N6O2. The van der Waals surface area contributed by atoms with E-state index in [0.29, 0.717) is 11.2 Å². The van der Waals surface area contributed by atoms with Crippen LogP contribution in [0.3, 0.4) is 0 Å². The van der Waals surface area contributed by atoms with Crippen LogP contribution in [0.2, 0.25) is 0 Å². The summed E-state index contributed by atoms with van der Waals surface area (Å²) in [5.41, 5.74) is 0.911. The fourth-order valence-corrected chi connectivity index (χ4v) is 1.91. The molecule has 0 atom stereocenters. The van der Waals surface area contributed by atoms with Gasteiger partial charge in [-0.3, -0.25) is 4.79 Å². The second-order valence-corrected chi connectivity index (χ2v) is 4.51. The van der Waals surface area contributed by atoms with E-state index in [1.54, 1.807) is 12.1 Å². The van der Waals surface area contributed by atoms with Crippen LogP contribution in [0.1, 0.15) is 16.1 Å². The van der Waals surface area contributed by atoms with E-state index in [1.807, 2.05) is 0 Å². The fraction of sp³-hybridized carbons (Fsp3) is 0.154. The Hall–Kier alpha value is -3.24. The zero-order valence-electron chi connectivity index (χ0n) is 11.9. The Kier molecular flexibility index (Phi) is 4.22. The molecule has 0 bridgehead atoms. The Balaban J connectivity index is 1.70. The number of hydrogen-bond donors (Lipinski definition) is 1. The lowest BCUT2D eigenvalue weighted by molar-refractivity contribution is -0.0553. The van der Waals surface area contributed by atoms with Gasteiger partial charge in [0.05, 0.1) is 12.1 Å². The van der Waals surface area contributed by atoms with Gasteiger partial charge < -0.3 is 10.1 Å². The van der Waals surface area contributed by atoms with Crippen LogP contribution in [0.4, 0.5) is 13.2 Å². The van der Waals surface area contributed by atoms with Crippen LogP contribution in [-0.4, -0.2) is 37.5 Å². The van der Waals surface area contributed by atoms with Crippen molar-refractivity contribution in [3.63, 3.8) is 0 Å². The maximum absolute atomic E-state index is 13.6. The lowest BCUT2D eigenvalue weighted by Gasteiger charge is -2.06. The standard InChI is InChI=1S/C13H9F3N6O2/c14-8-4-7(5-18-12(8)24-13(15)16)11(23)17-6-9-10-2-1-3-19-22(10)21-20-9/h1-5,13H,6H2,(H,17,23). The number of fused-ring (bicyclic) bond motifs is 1. The molecule has 0 aliphatic carbocycles. The van der Waals surface area contributed by atoms with Gasteiger partial charge in [-0.1, -0.05) is 0 Å². The number of carbonyl (C=O) groups excluding carboxylic acids is 1. The molecule has 124 valence electrons. The molecule has 3 heterocycles. The van der Waals surface area contributed by atoms with E-state index in [1.165, 1.54) is 10.8 Å². The topological polar surface area (TPSA) is 94.3 Å². The molecule has 1 amide bonds. The van der Waals surface area contributed by atoms with Crippen molar-refractivity contribution in [3.05, 3.63) is 47.7 Å². The maximum atomic E-state index is 13.6. The van der Waals surface area contributed by atoms with E-state index < -0.39 is 24.2 Å². The molecule has 0 unspecified atom stereocenters. The Morgan fingerprint density at radius 3 is 3.00 bits per heavy atom. The van der Waals surface area contributed by atoms with Gasteiger partial charge in [0.25, 0.3) is 11.8 Å². The SMILES string of the molecule is O=C(NCc1nnn2ncccc12)c1cnc(OC(F)F)c(F)c1. The number of nitrogens with one attached hydrogen (secondary N) is 1. The molecule has 0 spiro atoms. The Morgan fingerprint density at radius 1 is 1.42 bits per heavy atom. The monoisotopic (exact) mass is 338 g/mol. The largest absolute Gasteiger partial charge is 0.414 e. The van der Waals surface area contributed by atoms with Crippen molar-refractivity contribution in [2.45, 2.75) is 13.2 Å². The number of rotatable bonds is 5. The summed E-state index contributed by atoms with van der Waals surface area (Å²) >= 11 is 0. The van der Waals surface area contributed by atoms with Crippen LogP contribution in [0, 0.1) is 5.82 Å². The molecule has 3 aromatic rings. The first kappa shape index (κ1) is 15.6.